The van der Waals surface area contributed by atoms with Gasteiger partial charge in [0.1, 0.15) is 5.92 Å². The van der Waals surface area contributed by atoms with E-state index in [-0.39, 0.29) is 43.1 Å². The Balaban J connectivity index is 1.36. The summed E-state index contributed by atoms with van der Waals surface area (Å²) < 4.78 is 11.4. The number of fused-ring (bicyclic) bond motifs is 4. The number of amides is 2. The minimum absolute atomic E-state index is 0.00853. The van der Waals surface area contributed by atoms with Crippen LogP contribution < -0.4 is 5.32 Å². The van der Waals surface area contributed by atoms with Crippen LogP contribution in [0, 0.1) is 23.7 Å². The van der Waals surface area contributed by atoms with Gasteiger partial charge in [-0.05, 0) is 6.42 Å². The smallest absolute Gasteiger partial charge is 0.310 e. The predicted molar refractivity (Wildman–Crippen MR) is 110 cm³/mol. The summed E-state index contributed by atoms with van der Waals surface area (Å²) in [5.74, 6) is -3.93. The summed E-state index contributed by atoms with van der Waals surface area (Å²) in [5, 5.41) is 21.2. The van der Waals surface area contributed by atoms with Gasteiger partial charge in [-0.3, -0.25) is 19.6 Å². The molecule has 3 N–H and O–H groups in total. The quantitative estimate of drug-likeness (QED) is 0.235. The zero-order chi connectivity index (χ0) is 22.8. The molecule has 4 heterocycles. The van der Waals surface area contributed by atoms with Crippen molar-refractivity contribution in [3.05, 3.63) is 24.3 Å². The van der Waals surface area contributed by atoms with Crippen LogP contribution in [0.15, 0.2) is 24.3 Å². The van der Waals surface area contributed by atoms with Crippen molar-refractivity contribution >= 4 is 17.8 Å². The molecule has 4 aliphatic heterocycles. The van der Waals surface area contributed by atoms with Gasteiger partial charge in [0.15, 0.2) is 0 Å². The Morgan fingerprint density at radius 1 is 0.969 bits per heavy atom. The molecule has 4 bridgehead atoms. The van der Waals surface area contributed by atoms with Gasteiger partial charge in [-0.15, -0.1) is 0 Å². The Bertz CT molecular complexity index is 799. The normalized spacial score (nSPS) is 36.1. The van der Waals surface area contributed by atoms with Gasteiger partial charge < -0.3 is 24.8 Å². The average Bonchev–Trinajstić information content (AvgIpc) is 3.56. The van der Waals surface area contributed by atoms with E-state index in [9.17, 15) is 19.5 Å². The standard InChI is InChI=1S/C22H30N2O8/c1-2-3-9-24(21(26)17-12(11-30-29)13-4-5-14(17)31-13)10-8-23-20(25)18-15-6-7-16(32-15)19(18)22(27)28/h4-7,12-19,29H,2-3,8-11H2,1H3,(H,23,25)(H,27,28). The fraction of sp³-hybridized carbons (Fsp3) is 0.682. The first-order valence-corrected chi connectivity index (χ1v) is 11.2. The highest BCUT2D eigenvalue weighted by atomic mass is 17.1. The molecule has 0 aromatic heterocycles. The average molecular weight is 450 g/mol. The number of carbonyl (C=O) groups is 3. The van der Waals surface area contributed by atoms with Crippen molar-refractivity contribution in [2.24, 2.45) is 23.7 Å². The number of hydrogen-bond donors (Lipinski definition) is 3. The molecule has 10 nitrogen and oxygen atoms in total. The Kier molecular flexibility index (Phi) is 6.94. The number of unbranched alkanes of at least 4 members (excludes halogenated alkanes) is 1. The molecule has 0 aromatic carbocycles. The SMILES string of the molecule is CCCCN(CCNC(=O)C1C2C=CC(O2)C1C(=O)O)C(=O)C1C2C=CC(O2)C1COO. The maximum Gasteiger partial charge on any atom is 0.310 e. The van der Waals surface area contributed by atoms with E-state index in [4.69, 9.17) is 14.7 Å². The van der Waals surface area contributed by atoms with Crippen LogP contribution in [0.1, 0.15) is 19.8 Å². The van der Waals surface area contributed by atoms with Crippen molar-refractivity contribution in [3.63, 3.8) is 0 Å². The highest BCUT2D eigenvalue weighted by Crippen LogP contribution is 2.41. The van der Waals surface area contributed by atoms with Gasteiger partial charge in [-0.2, -0.15) is 0 Å². The maximum atomic E-state index is 13.4. The van der Waals surface area contributed by atoms with Crippen molar-refractivity contribution in [1.29, 1.82) is 0 Å². The summed E-state index contributed by atoms with van der Waals surface area (Å²) in [4.78, 5) is 43.8. The summed E-state index contributed by atoms with van der Waals surface area (Å²) in [6.45, 7) is 3.08. The minimum Gasteiger partial charge on any atom is -0.481 e. The van der Waals surface area contributed by atoms with E-state index in [1.165, 1.54) is 0 Å². The van der Waals surface area contributed by atoms with Gasteiger partial charge in [0, 0.05) is 25.6 Å². The zero-order valence-corrected chi connectivity index (χ0v) is 18.0. The summed E-state index contributed by atoms with van der Waals surface area (Å²) in [6.07, 6.45) is 7.19. The van der Waals surface area contributed by atoms with Crippen LogP contribution >= 0.6 is 0 Å². The molecule has 2 amide bonds. The van der Waals surface area contributed by atoms with Crippen LogP contribution in [-0.4, -0.2) is 83.7 Å². The van der Waals surface area contributed by atoms with Crippen molar-refractivity contribution in [1.82, 2.24) is 10.2 Å². The Labute approximate surface area is 186 Å². The molecular weight excluding hydrogens is 420 g/mol. The number of aliphatic carboxylic acids is 1. The van der Waals surface area contributed by atoms with Gasteiger partial charge in [0.05, 0.1) is 42.9 Å². The molecule has 0 spiro atoms. The van der Waals surface area contributed by atoms with Crippen molar-refractivity contribution < 1.29 is 39.1 Å². The summed E-state index contributed by atoms with van der Waals surface area (Å²) in [6, 6.07) is 0. The molecule has 8 atom stereocenters. The van der Waals surface area contributed by atoms with E-state index in [2.05, 4.69) is 10.2 Å². The van der Waals surface area contributed by atoms with Crippen LogP contribution in [0.3, 0.4) is 0 Å². The van der Waals surface area contributed by atoms with Gasteiger partial charge in [0.25, 0.3) is 0 Å². The molecule has 2 saturated heterocycles. The van der Waals surface area contributed by atoms with Crippen molar-refractivity contribution in [2.45, 2.75) is 44.2 Å². The molecule has 0 saturated carbocycles. The lowest BCUT2D eigenvalue weighted by atomic mass is 9.82. The molecule has 4 rings (SSSR count). The number of carbonyl (C=O) groups excluding carboxylic acids is 2. The van der Waals surface area contributed by atoms with Crippen molar-refractivity contribution in [2.75, 3.05) is 26.2 Å². The second-order valence-corrected chi connectivity index (χ2v) is 8.75. The topological polar surface area (TPSA) is 135 Å². The van der Waals surface area contributed by atoms with Crippen LogP contribution in [-0.2, 0) is 28.7 Å². The van der Waals surface area contributed by atoms with Crippen LogP contribution in [0.25, 0.3) is 0 Å². The second kappa shape index (κ2) is 9.70. The number of carboxylic acids is 1. The fourth-order valence-corrected chi connectivity index (χ4v) is 5.23. The van der Waals surface area contributed by atoms with Gasteiger partial charge in [0.2, 0.25) is 11.8 Å². The summed E-state index contributed by atoms with van der Waals surface area (Å²) in [7, 11) is 0. The van der Waals surface area contributed by atoms with E-state index in [1.54, 1.807) is 17.1 Å². The van der Waals surface area contributed by atoms with Gasteiger partial charge in [-0.25, -0.2) is 4.89 Å². The number of ether oxygens (including phenoxy) is 2. The molecule has 32 heavy (non-hydrogen) atoms. The number of nitrogens with one attached hydrogen (secondary N) is 1. The van der Waals surface area contributed by atoms with Crippen LogP contribution in [0.5, 0.6) is 0 Å². The summed E-state index contributed by atoms with van der Waals surface area (Å²) in [5.41, 5.74) is 0. The highest BCUT2D eigenvalue weighted by Gasteiger charge is 2.53. The molecule has 8 unspecified atom stereocenters. The van der Waals surface area contributed by atoms with Gasteiger partial charge in [-0.1, -0.05) is 37.6 Å². The minimum atomic E-state index is -1.05. The predicted octanol–water partition coefficient (Wildman–Crippen LogP) is 0.445. The second-order valence-electron chi connectivity index (χ2n) is 8.75. The number of hydrogen-bond acceptors (Lipinski definition) is 7. The molecule has 4 aliphatic rings. The van der Waals surface area contributed by atoms with E-state index in [1.807, 2.05) is 19.1 Å². The molecule has 0 aliphatic carbocycles. The third-order valence-electron chi connectivity index (χ3n) is 6.86. The maximum absolute atomic E-state index is 13.4. The van der Waals surface area contributed by atoms with Crippen LogP contribution in [0.4, 0.5) is 0 Å². The van der Waals surface area contributed by atoms with E-state index < -0.39 is 35.9 Å². The third-order valence-corrected chi connectivity index (χ3v) is 6.86. The lowest BCUT2D eigenvalue weighted by molar-refractivity contribution is -0.254. The molecule has 10 heteroatoms. The van der Waals surface area contributed by atoms with E-state index >= 15 is 0 Å². The van der Waals surface area contributed by atoms with Crippen LogP contribution in [0.2, 0.25) is 0 Å². The molecule has 0 aromatic rings. The van der Waals surface area contributed by atoms with Crippen molar-refractivity contribution in [3.8, 4) is 0 Å². The summed E-state index contributed by atoms with van der Waals surface area (Å²) >= 11 is 0. The largest absolute Gasteiger partial charge is 0.481 e. The Morgan fingerprint density at radius 2 is 1.59 bits per heavy atom. The van der Waals surface area contributed by atoms with E-state index in [0.717, 1.165) is 12.8 Å². The molecular formula is C22H30N2O8. The fourth-order valence-electron chi connectivity index (χ4n) is 5.23. The number of rotatable bonds is 11. The van der Waals surface area contributed by atoms with E-state index in [0.29, 0.717) is 13.1 Å². The third kappa shape index (κ3) is 4.19. The first-order chi connectivity index (χ1) is 15.5. The Morgan fingerprint density at radius 3 is 2.25 bits per heavy atom. The Hall–Kier alpha value is -2.27. The molecule has 176 valence electrons. The lowest BCUT2D eigenvalue weighted by Gasteiger charge is -2.31. The molecule has 0 radical (unpaired) electrons. The monoisotopic (exact) mass is 450 g/mol. The lowest BCUT2D eigenvalue weighted by Crippen LogP contribution is -2.48. The number of nitrogens with zero attached hydrogens (tertiary/aromatic N) is 1. The zero-order valence-electron chi connectivity index (χ0n) is 18.0. The first kappa shape index (κ1) is 22.9. The number of carboxylic acid groups (broad SMARTS) is 1. The highest BCUT2D eigenvalue weighted by molar-refractivity contribution is 5.87. The first-order valence-electron chi connectivity index (χ1n) is 11.2. The van der Waals surface area contributed by atoms with Gasteiger partial charge >= 0.3 is 5.97 Å². The molecule has 2 fully saturated rings.